The van der Waals surface area contributed by atoms with E-state index < -0.39 is 0 Å². The first-order chi connectivity index (χ1) is 7.49. The van der Waals surface area contributed by atoms with E-state index in [0.29, 0.717) is 0 Å². The molecule has 2 nitrogen and oxygen atoms in total. The molecule has 0 aromatic carbocycles. The minimum absolute atomic E-state index is 0.120. The van der Waals surface area contributed by atoms with E-state index in [-0.39, 0.29) is 6.04 Å². The van der Waals surface area contributed by atoms with Crippen molar-refractivity contribution >= 4 is 54.5 Å². The van der Waals surface area contributed by atoms with Crippen molar-refractivity contribution in [2.45, 2.75) is 19.9 Å². The summed E-state index contributed by atoms with van der Waals surface area (Å²) in [5.41, 5.74) is 7.27. The van der Waals surface area contributed by atoms with Crippen LogP contribution in [0.25, 0.3) is 0 Å². The first-order valence-electron chi connectivity index (χ1n) is 4.63. The van der Waals surface area contributed by atoms with Crippen molar-refractivity contribution in [3.63, 3.8) is 0 Å². The van der Waals surface area contributed by atoms with E-state index in [1.54, 1.807) is 22.7 Å². The normalized spacial score (nSPS) is 13.1. The number of rotatable bonds is 2. The van der Waals surface area contributed by atoms with Crippen LogP contribution >= 0.6 is 54.5 Å². The lowest BCUT2D eigenvalue weighted by molar-refractivity contribution is 0.871. The highest BCUT2D eigenvalue weighted by Crippen LogP contribution is 2.37. The third-order valence-electron chi connectivity index (χ3n) is 2.28. The van der Waals surface area contributed by atoms with Crippen molar-refractivity contribution in [2.24, 2.45) is 5.73 Å². The number of aromatic nitrogens is 1. The molecule has 0 aliphatic carbocycles. The Morgan fingerprint density at radius 1 is 1.31 bits per heavy atom. The smallest absolute Gasteiger partial charge is 0.115 e. The Bertz CT molecular complexity index is 434. The number of thiophene rings is 1. The molecule has 1 unspecified atom stereocenters. The van der Waals surface area contributed by atoms with Crippen LogP contribution in [0.2, 0.25) is 0 Å². The number of hydrogen-bond donors (Lipinski definition) is 1. The van der Waals surface area contributed by atoms with Gasteiger partial charge in [-0.1, -0.05) is 0 Å². The van der Waals surface area contributed by atoms with E-state index in [2.05, 4.69) is 43.8 Å². The van der Waals surface area contributed by atoms with Gasteiger partial charge in [0.15, 0.2) is 0 Å². The van der Waals surface area contributed by atoms with Crippen LogP contribution in [0.5, 0.6) is 0 Å². The van der Waals surface area contributed by atoms with Crippen LogP contribution in [0, 0.1) is 13.8 Å². The van der Waals surface area contributed by atoms with Gasteiger partial charge in [0, 0.05) is 14.2 Å². The van der Waals surface area contributed by atoms with Crippen LogP contribution in [0.3, 0.4) is 0 Å². The highest BCUT2D eigenvalue weighted by Gasteiger charge is 2.17. The molecule has 2 heterocycles. The Morgan fingerprint density at radius 2 is 2.00 bits per heavy atom. The van der Waals surface area contributed by atoms with E-state index in [9.17, 15) is 0 Å². The molecular weight excluding hydrogens is 372 g/mol. The van der Waals surface area contributed by atoms with Crippen molar-refractivity contribution in [3.05, 3.63) is 34.8 Å². The minimum atomic E-state index is -0.120. The van der Waals surface area contributed by atoms with Gasteiger partial charge in [-0.15, -0.1) is 22.7 Å². The summed E-state index contributed by atoms with van der Waals surface area (Å²) in [5, 5.41) is 0.983. The summed E-state index contributed by atoms with van der Waals surface area (Å²) in [6, 6.07) is 1.93. The van der Waals surface area contributed by atoms with Gasteiger partial charge in [-0.05, 0) is 51.8 Å². The summed E-state index contributed by atoms with van der Waals surface area (Å²) in [6.45, 7) is 4.09. The average molecular weight is 382 g/mol. The van der Waals surface area contributed by atoms with Gasteiger partial charge in [-0.25, -0.2) is 4.98 Å². The van der Waals surface area contributed by atoms with E-state index in [1.165, 1.54) is 4.88 Å². The molecule has 2 aromatic heterocycles. The molecule has 16 heavy (non-hydrogen) atoms. The molecule has 1 atom stereocenters. The molecule has 86 valence electrons. The molecule has 0 bridgehead atoms. The van der Waals surface area contributed by atoms with Crippen LogP contribution in [-0.4, -0.2) is 4.98 Å². The number of hydrogen-bond acceptors (Lipinski definition) is 4. The van der Waals surface area contributed by atoms with Gasteiger partial charge in [0.1, 0.15) is 5.01 Å². The topological polar surface area (TPSA) is 38.9 Å². The van der Waals surface area contributed by atoms with E-state index in [4.69, 9.17) is 5.73 Å². The Labute approximate surface area is 119 Å². The first kappa shape index (κ1) is 12.7. The minimum Gasteiger partial charge on any atom is -0.318 e. The lowest BCUT2D eigenvalue weighted by Crippen LogP contribution is -2.09. The van der Waals surface area contributed by atoms with Crippen molar-refractivity contribution in [2.75, 3.05) is 0 Å². The van der Waals surface area contributed by atoms with Crippen LogP contribution < -0.4 is 5.73 Å². The predicted molar refractivity (Wildman–Crippen MR) is 77.3 cm³/mol. The summed E-state index contributed by atoms with van der Waals surface area (Å²) in [5.74, 6) is 0. The van der Waals surface area contributed by atoms with E-state index in [0.717, 1.165) is 23.8 Å². The van der Waals surface area contributed by atoms with Crippen LogP contribution in [-0.2, 0) is 0 Å². The van der Waals surface area contributed by atoms with Gasteiger partial charge in [0.25, 0.3) is 0 Å². The second-order valence-corrected chi connectivity index (χ2v) is 7.93. The lowest BCUT2D eigenvalue weighted by Gasteiger charge is -2.04. The Morgan fingerprint density at radius 3 is 2.44 bits per heavy atom. The van der Waals surface area contributed by atoms with Gasteiger partial charge in [-0.2, -0.15) is 0 Å². The number of halogens is 2. The number of nitrogens with two attached hydrogens (primary N) is 1. The van der Waals surface area contributed by atoms with E-state index >= 15 is 0 Å². The van der Waals surface area contributed by atoms with Gasteiger partial charge in [-0.3, -0.25) is 0 Å². The molecule has 2 N–H and O–H groups in total. The maximum atomic E-state index is 6.20. The summed E-state index contributed by atoms with van der Waals surface area (Å²) in [4.78, 5) is 6.85. The fourth-order valence-corrected chi connectivity index (χ4v) is 4.38. The maximum absolute atomic E-state index is 6.20. The number of thiazole rings is 1. The van der Waals surface area contributed by atoms with Crippen molar-refractivity contribution in [3.8, 4) is 0 Å². The molecule has 0 spiro atoms. The Kier molecular flexibility index (Phi) is 3.86. The average Bonchev–Trinajstić information content (AvgIpc) is 2.72. The molecule has 0 amide bonds. The zero-order valence-electron chi connectivity index (χ0n) is 8.75. The molecule has 2 aromatic rings. The lowest BCUT2D eigenvalue weighted by atomic mass is 10.3. The molecule has 6 heteroatoms. The monoisotopic (exact) mass is 380 g/mol. The number of aryl methyl sites for hydroxylation is 2. The summed E-state index contributed by atoms with van der Waals surface area (Å²) >= 11 is 10.3. The molecule has 0 saturated carbocycles. The molecule has 0 fully saturated rings. The first-order valence-corrected chi connectivity index (χ1v) is 7.85. The quantitative estimate of drug-likeness (QED) is 0.837. The summed E-state index contributed by atoms with van der Waals surface area (Å²) in [7, 11) is 0. The van der Waals surface area contributed by atoms with Gasteiger partial charge in [0.2, 0.25) is 0 Å². The standard InChI is InChI=1S/C10H10Br2N2S2/c1-4-5(2)15-10(14-4)8(13)7-3-6(11)9(12)16-7/h3,8H,13H2,1-2H3. The van der Waals surface area contributed by atoms with Gasteiger partial charge < -0.3 is 5.73 Å². The molecule has 2 rings (SSSR count). The molecule has 0 aliphatic heterocycles. The fraction of sp³-hybridized carbons (Fsp3) is 0.300. The van der Waals surface area contributed by atoms with Crippen molar-refractivity contribution in [1.29, 1.82) is 0 Å². The number of nitrogens with zero attached hydrogens (tertiary/aromatic N) is 1. The molecular formula is C10H10Br2N2S2. The van der Waals surface area contributed by atoms with Gasteiger partial charge >= 0.3 is 0 Å². The van der Waals surface area contributed by atoms with Gasteiger partial charge in [0.05, 0.1) is 15.5 Å². The van der Waals surface area contributed by atoms with Crippen molar-refractivity contribution < 1.29 is 0 Å². The molecule has 0 aliphatic rings. The molecule has 0 saturated heterocycles. The maximum Gasteiger partial charge on any atom is 0.115 e. The highest BCUT2D eigenvalue weighted by molar-refractivity contribution is 9.13. The second-order valence-electron chi connectivity index (χ2n) is 3.44. The second kappa shape index (κ2) is 4.86. The zero-order chi connectivity index (χ0) is 11.9. The third kappa shape index (κ3) is 2.41. The largest absolute Gasteiger partial charge is 0.318 e. The van der Waals surface area contributed by atoms with Crippen LogP contribution in [0.4, 0.5) is 0 Å². The van der Waals surface area contributed by atoms with E-state index in [1.807, 2.05) is 13.0 Å². The van der Waals surface area contributed by atoms with Crippen LogP contribution in [0.1, 0.15) is 26.5 Å². The van der Waals surface area contributed by atoms with Crippen molar-refractivity contribution in [1.82, 2.24) is 4.98 Å². The predicted octanol–water partition coefficient (Wildman–Crippen LogP) is 4.39. The van der Waals surface area contributed by atoms with Crippen LogP contribution in [0.15, 0.2) is 14.3 Å². The Balaban J connectivity index is 2.34. The Hall–Kier alpha value is 0.250. The fourth-order valence-electron chi connectivity index (χ4n) is 1.27. The summed E-state index contributed by atoms with van der Waals surface area (Å²) < 4.78 is 2.12. The molecule has 0 radical (unpaired) electrons. The zero-order valence-corrected chi connectivity index (χ0v) is 13.6. The SMILES string of the molecule is Cc1nc(C(N)c2cc(Br)c(Br)s2)sc1C. The third-order valence-corrected chi connectivity index (χ3v) is 6.78. The highest BCUT2D eigenvalue weighted by atomic mass is 79.9. The summed E-state index contributed by atoms with van der Waals surface area (Å²) in [6.07, 6.45) is 0.